The molecule has 8 heteroatoms. The van der Waals surface area contributed by atoms with Gasteiger partial charge in [0.2, 0.25) is 0 Å². The number of nitrogens with one attached hydrogen (secondary N) is 1. The zero-order chi connectivity index (χ0) is 24.5. The minimum absolute atomic E-state index is 0.195. The number of amides is 2. The Morgan fingerprint density at radius 2 is 1.60 bits per heavy atom. The SMILES string of the molecule is O=C(Nc1ccc(Cl)cc1)c1ccc2c(c1)N(Cc1cccc(Cl)c1)C(=O)c1ccccc1[S@@]2=O. The fourth-order valence-electron chi connectivity index (χ4n) is 3.92. The fraction of sp³-hybridized carbons (Fsp3) is 0.0370. The summed E-state index contributed by atoms with van der Waals surface area (Å²) < 4.78 is 13.5. The van der Waals surface area contributed by atoms with Gasteiger partial charge in [0.05, 0.1) is 38.4 Å². The molecule has 35 heavy (non-hydrogen) atoms. The predicted octanol–water partition coefficient (Wildman–Crippen LogP) is 6.57. The van der Waals surface area contributed by atoms with E-state index in [1.165, 1.54) is 0 Å². The van der Waals surface area contributed by atoms with Crippen LogP contribution in [-0.2, 0) is 17.3 Å². The Morgan fingerprint density at radius 3 is 2.37 bits per heavy atom. The third kappa shape index (κ3) is 4.73. The third-order valence-corrected chi connectivity index (χ3v) is 7.59. The first kappa shape index (κ1) is 23.3. The normalized spacial score (nSPS) is 14.6. The number of rotatable bonds is 4. The molecule has 1 heterocycles. The van der Waals surface area contributed by atoms with E-state index in [0.29, 0.717) is 42.3 Å². The fourth-order valence-corrected chi connectivity index (χ4v) is 5.60. The second-order valence-electron chi connectivity index (χ2n) is 7.93. The number of carbonyl (C=O) groups excluding carboxylic acids is 2. The minimum Gasteiger partial charge on any atom is -0.322 e. The summed E-state index contributed by atoms with van der Waals surface area (Å²) in [5.74, 6) is -0.666. The van der Waals surface area contributed by atoms with Crippen molar-refractivity contribution in [2.45, 2.75) is 16.3 Å². The monoisotopic (exact) mass is 520 g/mol. The second kappa shape index (κ2) is 9.66. The smallest absolute Gasteiger partial charge is 0.259 e. The van der Waals surface area contributed by atoms with Crippen molar-refractivity contribution < 1.29 is 13.8 Å². The van der Waals surface area contributed by atoms with Gasteiger partial charge in [0.15, 0.2) is 0 Å². The lowest BCUT2D eigenvalue weighted by molar-refractivity contribution is 0.0979. The first-order valence-corrected chi connectivity index (χ1v) is 12.6. The van der Waals surface area contributed by atoms with Crippen LogP contribution in [0.4, 0.5) is 11.4 Å². The van der Waals surface area contributed by atoms with Crippen LogP contribution in [0, 0.1) is 0 Å². The Balaban J connectivity index is 1.59. The maximum absolute atomic E-state index is 13.7. The molecule has 4 aromatic carbocycles. The van der Waals surface area contributed by atoms with E-state index in [2.05, 4.69) is 5.32 Å². The van der Waals surface area contributed by atoms with Gasteiger partial charge in [0, 0.05) is 21.3 Å². The molecule has 0 bridgehead atoms. The van der Waals surface area contributed by atoms with Crippen LogP contribution < -0.4 is 10.2 Å². The number of nitrogens with zero attached hydrogens (tertiary/aromatic N) is 1. The molecule has 0 spiro atoms. The van der Waals surface area contributed by atoms with Gasteiger partial charge < -0.3 is 10.2 Å². The van der Waals surface area contributed by atoms with E-state index in [9.17, 15) is 13.8 Å². The Morgan fingerprint density at radius 1 is 0.829 bits per heavy atom. The molecule has 1 N–H and O–H groups in total. The quantitative estimate of drug-likeness (QED) is 0.330. The van der Waals surface area contributed by atoms with Gasteiger partial charge in [-0.2, -0.15) is 0 Å². The zero-order valence-electron chi connectivity index (χ0n) is 18.2. The standard InChI is InChI=1S/C27H18Cl2N2O3S/c28-19-9-11-21(12-10-19)30-26(32)18-8-13-25-23(15-18)31(16-17-4-3-5-20(29)14-17)27(33)22-6-1-2-7-24(22)35(25)34/h1-15H,16H2,(H,30,32)/t35-/m0/s1. The molecule has 2 amide bonds. The molecular weight excluding hydrogens is 503 g/mol. The number of benzene rings is 4. The van der Waals surface area contributed by atoms with E-state index >= 15 is 0 Å². The van der Waals surface area contributed by atoms with Crippen molar-refractivity contribution in [3.05, 3.63) is 118 Å². The molecule has 0 unspecified atom stereocenters. The van der Waals surface area contributed by atoms with Gasteiger partial charge in [-0.3, -0.25) is 9.59 Å². The van der Waals surface area contributed by atoms with Gasteiger partial charge in [0.1, 0.15) is 0 Å². The molecule has 0 aromatic heterocycles. The number of carbonyl (C=O) groups is 2. The molecular formula is C27H18Cl2N2O3S. The van der Waals surface area contributed by atoms with Gasteiger partial charge >= 0.3 is 0 Å². The van der Waals surface area contributed by atoms with Crippen LogP contribution in [0.25, 0.3) is 0 Å². The lowest BCUT2D eigenvalue weighted by Gasteiger charge is -2.23. The first-order valence-electron chi connectivity index (χ1n) is 10.7. The average molecular weight is 521 g/mol. The predicted molar refractivity (Wildman–Crippen MR) is 139 cm³/mol. The van der Waals surface area contributed by atoms with Gasteiger partial charge in [-0.05, 0) is 72.3 Å². The third-order valence-electron chi connectivity index (χ3n) is 5.61. The summed E-state index contributed by atoms with van der Waals surface area (Å²) in [6.07, 6.45) is 0. The molecule has 5 rings (SSSR count). The number of fused-ring (bicyclic) bond motifs is 2. The average Bonchev–Trinajstić information content (AvgIpc) is 2.95. The van der Waals surface area contributed by atoms with Crippen molar-refractivity contribution in [1.82, 2.24) is 0 Å². The maximum Gasteiger partial charge on any atom is 0.259 e. The molecule has 1 aliphatic rings. The Bertz CT molecular complexity index is 1490. The number of halogens is 2. The van der Waals surface area contributed by atoms with Crippen LogP contribution in [0.2, 0.25) is 10.0 Å². The van der Waals surface area contributed by atoms with Crippen LogP contribution >= 0.6 is 23.2 Å². The highest BCUT2D eigenvalue weighted by Gasteiger charge is 2.31. The summed E-state index contributed by atoms with van der Waals surface area (Å²) in [6.45, 7) is 0.195. The number of hydrogen-bond donors (Lipinski definition) is 1. The van der Waals surface area contributed by atoms with Crippen molar-refractivity contribution in [2.75, 3.05) is 10.2 Å². The Hall–Kier alpha value is -3.45. The number of anilines is 2. The van der Waals surface area contributed by atoms with E-state index in [4.69, 9.17) is 23.2 Å². The van der Waals surface area contributed by atoms with Crippen molar-refractivity contribution in [3.8, 4) is 0 Å². The van der Waals surface area contributed by atoms with E-state index in [1.54, 1.807) is 83.8 Å². The van der Waals surface area contributed by atoms with Crippen LogP contribution in [0.3, 0.4) is 0 Å². The molecule has 1 aliphatic heterocycles. The van der Waals surface area contributed by atoms with Crippen molar-refractivity contribution in [1.29, 1.82) is 0 Å². The van der Waals surface area contributed by atoms with Crippen LogP contribution in [0.5, 0.6) is 0 Å². The zero-order valence-corrected chi connectivity index (χ0v) is 20.5. The highest BCUT2D eigenvalue weighted by molar-refractivity contribution is 7.85. The largest absolute Gasteiger partial charge is 0.322 e. The van der Waals surface area contributed by atoms with Crippen LogP contribution in [0.1, 0.15) is 26.3 Å². The minimum atomic E-state index is -1.61. The number of hydrogen-bond acceptors (Lipinski definition) is 3. The van der Waals surface area contributed by atoms with Crippen LogP contribution in [0.15, 0.2) is 101 Å². The van der Waals surface area contributed by atoms with Crippen LogP contribution in [-0.4, -0.2) is 16.0 Å². The van der Waals surface area contributed by atoms with Gasteiger partial charge in [0.25, 0.3) is 11.8 Å². The molecule has 5 nitrogen and oxygen atoms in total. The van der Waals surface area contributed by atoms with Gasteiger partial charge in [-0.15, -0.1) is 0 Å². The molecule has 0 radical (unpaired) electrons. The summed E-state index contributed by atoms with van der Waals surface area (Å²) in [5, 5.41) is 3.93. The van der Waals surface area contributed by atoms with Gasteiger partial charge in [-0.25, -0.2) is 4.21 Å². The maximum atomic E-state index is 13.7. The summed E-state index contributed by atoms with van der Waals surface area (Å²) >= 11 is 12.1. The molecule has 0 saturated heterocycles. The molecule has 0 aliphatic carbocycles. The molecule has 4 aromatic rings. The highest BCUT2D eigenvalue weighted by atomic mass is 35.5. The lowest BCUT2D eigenvalue weighted by atomic mass is 10.1. The van der Waals surface area contributed by atoms with E-state index in [1.807, 2.05) is 12.1 Å². The molecule has 0 fully saturated rings. The Labute approximate surface area is 214 Å². The Kier molecular flexibility index (Phi) is 6.43. The first-order chi connectivity index (χ1) is 16.9. The second-order valence-corrected chi connectivity index (χ2v) is 10.2. The van der Waals surface area contributed by atoms with Crippen molar-refractivity contribution in [2.24, 2.45) is 0 Å². The van der Waals surface area contributed by atoms with Gasteiger partial charge in [-0.1, -0.05) is 47.5 Å². The summed E-state index contributed by atoms with van der Waals surface area (Å²) in [5.41, 5.74) is 2.48. The van der Waals surface area contributed by atoms with Crippen molar-refractivity contribution >= 4 is 57.2 Å². The summed E-state index contributed by atoms with van der Waals surface area (Å²) in [6, 6.07) is 25.7. The molecule has 1 atom stereocenters. The molecule has 174 valence electrons. The topological polar surface area (TPSA) is 66.5 Å². The van der Waals surface area contributed by atoms with E-state index < -0.39 is 10.8 Å². The van der Waals surface area contributed by atoms with Crippen molar-refractivity contribution in [3.63, 3.8) is 0 Å². The molecule has 0 saturated carbocycles. The lowest BCUT2D eigenvalue weighted by Crippen LogP contribution is -2.30. The van der Waals surface area contributed by atoms with E-state index in [-0.39, 0.29) is 18.4 Å². The summed E-state index contributed by atoms with van der Waals surface area (Å²) in [7, 11) is -1.61. The summed E-state index contributed by atoms with van der Waals surface area (Å²) in [4.78, 5) is 29.1. The van der Waals surface area contributed by atoms with E-state index in [0.717, 1.165) is 5.56 Å². The highest BCUT2D eigenvalue weighted by Crippen LogP contribution is 2.36.